The van der Waals surface area contributed by atoms with Crippen molar-refractivity contribution >= 4 is 11.8 Å². The van der Waals surface area contributed by atoms with Crippen LogP contribution in [-0.2, 0) is 19.7 Å². The lowest BCUT2D eigenvalue weighted by molar-refractivity contribution is -0.146. The molecule has 1 aliphatic carbocycles. The van der Waals surface area contributed by atoms with Crippen molar-refractivity contribution in [2.45, 2.75) is 37.1 Å². The molecule has 1 aromatic carbocycles. The number of hydrogen-bond acceptors (Lipinski definition) is 4. The van der Waals surface area contributed by atoms with Crippen molar-refractivity contribution in [1.29, 1.82) is 0 Å². The summed E-state index contributed by atoms with van der Waals surface area (Å²) in [5, 5.41) is 3.18. The van der Waals surface area contributed by atoms with Crippen LogP contribution in [0.25, 0.3) is 0 Å². The van der Waals surface area contributed by atoms with E-state index in [-0.39, 0.29) is 23.8 Å². The second kappa shape index (κ2) is 8.85. The van der Waals surface area contributed by atoms with Crippen LogP contribution < -0.4 is 5.32 Å². The van der Waals surface area contributed by atoms with Crippen molar-refractivity contribution in [3.63, 3.8) is 0 Å². The van der Waals surface area contributed by atoms with Gasteiger partial charge in [-0.3, -0.25) is 9.59 Å². The summed E-state index contributed by atoms with van der Waals surface area (Å²) in [6.07, 6.45) is 4.56. The van der Waals surface area contributed by atoms with E-state index in [0.29, 0.717) is 19.6 Å². The zero-order chi connectivity index (χ0) is 19.3. The molecular formula is C21H31N3O3. The molecule has 1 unspecified atom stereocenters. The maximum Gasteiger partial charge on any atom is 0.249 e. The van der Waals surface area contributed by atoms with Gasteiger partial charge in [0.15, 0.2) is 0 Å². The fourth-order valence-corrected chi connectivity index (χ4v) is 4.43. The number of nitrogens with zero attached hydrogens (tertiary/aromatic N) is 2. The Kier molecular flexibility index (Phi) is 6.50. The van der Waals surface area contributed by atoms with Crippen molar-refractivity contribution in [1.82, 2.24) is 15.1 Å². The van der Waals surface area contributed by atoms with Crippen molar-refractivity contribution in [3.05, 3.63) is 35.9 Å². The predicted octanol–water partition coefficient (Wildman–Crippen LogP) is 1.40. The molecule has 27 heavy (non-hydrogen) atoms. The van der Waals surface area contributed by atoms with Crippen LogP contribution in [0.5, 0.6) is 0 Å². The third-order valence-electron chi connectivity index (χ3n) is 6.02. The van der Waals surface area contributed by atoms with Gasteiger partial charge in [-0.1, -0.05) is 43.2 Å². The highest BCUT2D eigenvalue weighted by atomic mass is 16.5. The zero-order valence-corrected chi connectivity index (χ0v) is 16.4. The lowest BCUT2D eigenvalue weighted by atomic mass is 9.79. The van der Waals surface area contributed by atoms with Gasteiger partial charge in [-0.05, 0) is 25.5 Å². The maximum atomic E-state index is 13.0. The summed E-state index contributed by atoms with van der Waals surface area (Å²) in [5.41, 5.74) is 1.31. The summed E-state index contributed by atoms with van der Waals surface area (Å²) in [5.74, 6) is -0.183. The van der Waals surface area contributed by atoms with Crippen LogP contribution >= 0.6 is 0 Å². The fourth-order valence-electron chi connectivity index (χ4n) is 4.43. The molecule has 2 fully saturated rings. The molecule has 1 aliphatic heterocycles. The fraction of sp³-hybridized carbons (Fsp3) is 0.619. The Morgan fingerprint density at radius 2 is 1.89 bits per heavy atom. The van der Waals surface area contributed by atoms with Gasteiger partial charge in [-0.15, -0.1) is 0 Å². The molecule has 0 aromatic heterocycles. The van der Waals surface area contributed by atoms with Crippen molar-refractivity contribution in [2.24, 2.45) is 0 Å². The highest BCUT2D eigenvalue weighted by Gasteiger charge is 2.38. The van der Waals surface area contributed by atoms with Gasteiger partial charge in [0.05, 0.1) is 0 Å². The number of likely N-dealkylation sites (N-methyl/N-ethyl adjacent to an activating group) is 1. The molecular weight excluding hydrogens is 342 g/mol. The van der Waals surface area contributed by atoms with Crippen molar-refractivity contribution in [2.75, 3.05) is 46.9 Å². The van der Waals surface area contributed by atoms with Crippen LogP contribution in [-0.4, -0.2) is 74.6 Å². The molecule has 0 spiro atoms. The van der Waals surface area contributed by atoms with Gasteiger partial charge in [0.1, 0.15) is 12.6 Å². The summed E-state index contributed by atoms with van der Waals surface area (Å²) in [6.45, 7) is 2.53. The number of methoxy groups -OCH3 is 1. The minimum absolute atomic E-state index is 0.0128. The van der Waals surface area contributed by atoms with Crippen LogP contribution in [0.4, 0.5) is 0 Å². The number of ether oxygens (including phenoxy) is 1. The van der Waals surface area contributed by atoms with Crippen LogP contribution in [0.1, 0.15) is 31.2 Å². The van der Waals surface area contributed by atoms with Gasteiger partial charge in [-0.25, -0.2) is 0 Å². The molecule has 2 aliphatic rings. The van der Waals surface area contributed by atoms with Crippen LogP contribution in [0, 0.1) is 0 Å². The maximum absolute atomic E-state index is 13.0. The van der Waals surface area contributed by atoms with Crippen molar-refractivity contribution < 1.29 is 14.3 Å². The number of benzene rings is 1. The molecule has 3 rings (SSSR count). The molecule has 148 valence electrons. The molecule has 6 heteroatoms. The van der Waals surface area contributed by atoms with Gasteiger partial charge < -0.3 is 19.9 Å². The topological polar surface area (TPSA) is 61.9 Å². The van der Waals surface area contributed by atoms with Gasteiger partial charge in [0.2, 0.25) is 11.8 Å². The zero-order valence-electron chi connectivity index (χ0n) is 16.4. The van der Waals surface area contributed by atoms with E-state index in [1.807, 2.05) is 13.1 Å². The summed E-state index contributed by atoms with van der Waals surface area (Å²) in [6, 6.07) is 10.0. The van der Waals surface area contributed by atoms with E-state index in [2.05, 4.69) is 34.5 Å². The first kappa shape index (κ1) is 19.8. The van der Waals surface area contributed by atoms with Gasteiger partial charge in [0, 0.05) is 38.7 Å². The van der Waals surface area contributed by atoms with Gasteiger partial charge >= 0.3 is 0 Å². The SMILES string of the molecule is COCC(=O)N1CCN(C)CC1C(=O)NCC1(c2ccccc2)CCCC1. The lowest BCUT2D eigenvalue weighted by Crippen LogP contribution is -2.61. The summed E-state index contributed by atoms with van der Waals surface area (Å²) in [7, 11) is 3.49. The third-order valence-corrected chi connectivity index (χ3v) is 6.02. The number of piperazine rings is 1. The van der Waals surface area contributed by atoms with Crippen LogP contribution in [0.2, 0.25) is 0 Å². The molecule has 0 radical (unpaired) electrons. The standard InChI is InChI=1S/C21H31N3O3/c1-23-12-13-24(19(25)15-27-2)18(14-23)20(26)22-16-21(10-6-7-11-21)17-8-4-3-5-9-17/h3-5,8-9,18H,6-7,10-16H2,1-2H3,(H,22,26). The molecule has 1 N–H and O–H groups in total. The summed E-state index contributed by atoms with van der Waals surface area (Å²) < 4.78 is 4.99. The second-order valence-electron chi connectivity index (χ2n) is 7.87. The average molecular weight is 373 g/mol. The first-order valence-corrected chi connectivity index (χ1v) is 9.86. The smallest absolute Gasteiger partial charge is 0.249 e. The van der Waals surface area contributed by atoms with E-state index in [0.717, 1.165) is 19.4 Å². The predicted molar refractivity (Wildman–Crippen MR) is 104 cm³/mol. The number of carbonyl (C=O) groups excluding carboxylic acids is 2. The Morgan fingerprint density at radius 3 is 2.56 bits per heavy atom. The summed E-state index contributed by atoms with van der Waals surface area (Å²) in [4.78, 5) is 29.2. The Balaban J connectivity index is 1.69. The molecule has 6 nitrogen and oxygen atoms in total. The minimum Gasteiger partial charge on any atom is -0.375 e. The lowest BCUT2D eigenvalue weighted by Gasteiger charge is -2.39. The molecule has 1 aromatic rings. The molecule has 1 atom stereocenters. The normalized spacial score (nSPS) is 22.6. The van der Waals surface area contributed by atoms with E-state index in [1.54, 1.807) is 4.90 Å². The second-order valence-corrected chi connectivity index (χ2v) is 7.87. The third kappa shape index (κ3) is 4.50. The average Bonchev–Trinajstić information content (AvgIpc) is 3.17. The van der Waals surface area contributed by atoms with Crippen LogP contribution in [0.15, 0.2) is 30.3 Å². The summed E-state index contributed by atoms with van der Waals surface area (Å²) >= 11 is 0. The van der Waals surface area contributed by atoms with Crippen LogP contribution in [0.3, 0.4) is 0 Å². The molecule has 1 saturated carbocycles. The Labute approximate surface area is 161 Å². The Bertz CT molecular complexity index is 643. The molecule has 1 heterocycles. The van der Waals surface area contributed by atoms with E-state index in [4.69, 9.17) is 4.74 Å². The molecule has 2 amide bonds. The highest BCUT2D eigenvalue weighted by molar-refractivity contribution is 5.88. The number of hydrogen-bond donors (Lipinski definition) is 1. The number of carbonyl (C=O) groups is 2. The largest absolute Gasteiger partial charge is 0.375 e. The first-order valence-electron chi connectivity index (χ1n) is 9.86. The Hall–Kier alpha value is -1.92. The molecule has 0 bridgehead atoms. The van der Waals surface area contributed by atoms with E-state index < -0.39 is 6.04 Å². The quantitative estimate of drug-likeness (QED) is 0.819. The number of rotatable bonds is 6. The molecule has 1 saturated heterocycles. The van der Waals surface area contributed by atoms with E-state index >= 15 is 0 Å². The van der Waals surface area contributed by atoms with E-state index in [1.165, 1.54) is 25.5 Å². The monoisotopic (exact) mass is 373 g/mol. The first-order chi connectivity index (χ1) is 13.1. The minimum atomic E-state index is -0.458. The number of nitrogens with one attached hydrogen (secondary N) is 1. The van der Waals surface area contributed by atoms with Crippen molar-refractivity contribution in [3.8, 4) is 0 Å². The Morgan fingerprint density at radius 1 is 1.19 bits per heavy atom. The van der Waals surface area contributed by atoms with Gasteiger partial charge in [-0.2, -0.15) is 0 Å². The van der Waals surface area contributed by atoms with E-state index in [9.17, 15) is 9.59 Å². The highest BCUT2D eigenvalue weighted by Crippen LogP contribution is 2.40. The van der Waals surface area contributed by atoms with Gasteiger partial charge in [0.25, 0.3) is 0 Å². The number of amides is 2.